The monoisotopic (exact) mass is 420 g/mol. The van der Waals surface area contributed by atoms with Crippen molar-refractivity contribution in [3.8, 4) is 0 Å². The summed E-state index contributed by atoms with van der Waals surface area (Å²) >= 11 is 0. The number of hydrogen-bond acceptors (Lipinski definition) is 0. The molecule has 0 aromatic heterocycles. The lowest BCUT2D eigenvalue weighted by molar-refractivity contribution is 1.00. The molecule has 0 heterocycles. The fourth-order valence-electron chi connectivity index (χ4n) is 6.23. The van der Waals surface area contributed by atoms with E-state index in [0.29, 0.717) is 11.1 Å². The predicted molar refractivity (Wildman–Crippen MR) is 138 cm³/mol. The Morgan fingerprint density at radius 3 is 2.00 bits per heavy atom. The minimum Gasteiger partial charge on any atom is -0.0712 e. The minimum atomic E-state index is -1.72. The van der Waals surface area contributed by atoms with Crippen LogP contribution in [0.3, 0.4) is 0 Å². The van der Waals surface area contributed by atoms with Gasteiger partial charge in [-0.3, -0.25) is 0 Å². The molecule has 31 heavy (non-hydrogen) atoms. The highest BCUT2D eigenvalue weighted by Crippen LogP contribution is 2.54. The van der Waals surface area contributed by atoms with Crippen LogP contribution in [0.2, 0.25) is 18.6 Å². The lowest BCUT2D eigenvalue weighted by Gasteiger charge is -2.37. The molecule has 156 valence electrons. The largest absolute Gasteiger partial charge is 0.0714 e. The highest BCUT2D eigenvalue weighted by Gasteiger charge is 2.46. The summed E-state index contributed by atoms with van der Waals surface area (Å²) in [6.45, 7) is 14.6. The average Bonchev–Trinajstić information content (AvgIpc) is 3.26. The third kappa shape index (κ3) is 3.02. The molecule has 5 rings (SSSR count). The normalized spacial score (nSPS) is 19.4. The van der Waals surface area contributed by atoms with Crippen molar-refractivity contribution in [2.75, 3.05) is 0 Å². The van der Waals surface area contributed by atoms with Gasteiger partial charge in [-0.15, -0.1) is 0 Å². The van der Waals surface area contributed by atoms with Gasteiger partial charge in [0.05, 0.1) is 8.07 Å². The molecule has 3 aromatic rings. The number of rotatable bonds is 3. The lowest BCUT2D eigenvalue weighted by atomic mass is 9.97. The number of benzene rings is 3. The van der Waals surface area contributed by atoms with E-state index in [-0.39, 0.29) is 0 Å². The van der Waals surface area contributed by atoms with Crippen molar-refractivity contribution in [2.45, 2.75) is 51.9 Å². The third-order valence-electron chi connectivity index (χ3n) is 8.14. The minimum absolute atomic E-state index is 0.527. The quantitative estimate of drug-likeness (QED) is 0.372. The molecule has 0 amide bonds. The summed E-state index contributed by atoms with van der Waals surface area (Å²) < 4.78 is 0. The zero-order chi connectivity index (χ0) is 21.9. The predicted octanol–water partition coefficient (Wildman–Crippen LogP) is 8.67. The Hall–Kier alpha value is -2.64. The van der Waals surface area contributed by atoms with Crippen molar-refractivity contribution in [1.82, 2.24) is 0 Å². The molecule has 0 N–H and O–H groups in total. The van der Waals surface area contributed by atoms with Crippen molar-refractivity contribution in [3.63, 3.8) is 0 Å². The van der Waals surface area contributed by atoms with Gasteiger partial charge in [0, 0.05) is 0 Å². The van der Waals surface area contributed by atoms with E-state index in [1.807, 2.05) is 0 Å². The van der Waals surface area contributed by atoms with Crippen LogP contribution in [0.15, 0.2) is 95.1 Å². The Balaban J connectivity index is 1.65. The van der Waals surface area contributed by atoms with Gasteiger partial charge < -0.3 is 0 Å². The van der Waals surface area contributed by atoms with Crippen LogP contribution in [0.1, 0.15) is 49.9 Å². The van der Waals surface area contributed by atoms with E-state index >= 15 is 0 Å². The van der Waals surface area contributed by atoms with Crippen molar-refractivity contribution in [2.24, 2.45) is 0 Å². The SMILES string of the molecule is CC1=C(C)C([Si](C)(C)C2C=C(c3ccc4ccccc4c3)c3ccccc32)C(C)=C1C. The number of fused-ring (bicyclic) bond motifs is 2. The van der Waals surface area contributed by atoms with Crippen LogP contribution in [0.4, 0.5) is 0 Å². The smallest absolute Gasteiger partial charge is 0.0712 e. The van der Waals surface area contributed by atoms with Crippen LogP contribution in [-0.2, 0) is 0 Å². The first-order valence-electron chi connectivity index (χ1n) is 11.5. The fourth-order valence-corrected chi connectivity index (χ4v) is 10.9. The standard InChI is InChI=1S/C30H32Si/c1-19-20(2)22(4)30(21(19)3)31(5,6)29-18-28(26-13-9-10-14-27(26)29)25-16-15-23-11-7-8-12-24(23)17-25/h7-18,29-30H,1-6H3. The highest BCUT2D eigenvalue weighted by molar-refractivity contribution is 6.82. The fraction of sp³-hybridized carbons (Fsp3) is 0.267. The van der Waals surface area contributed by atoms with Crippen LogP contribution in [0.5, 0.6) is 0 Å². The summed E-state index contributed by atoms with van der Waals surface area (Å²) in [5, 5.41) is 2.63. The van der Waals surface area contributed by atoms with Crippen LogP contribution in [0, 0.1) is 0 Å². The maximum Gasteiger partial charge on any atom is 0.0714 e. The van der Waals surface area contributed by atoms with E-state index in [0.717, 1.165) is 0 Å². The first-order chi connectivity index (χ1) is 14.8. The summed E-state index contributed by atoms with van der Waals surface area (Å²) in [6, 6.07) is 24.8. The van der Waals surface area contributed by atoms with E-state index < -0.39 is 8.07 Å². The van der Waals surface area contributed by atoms with Crippen LogP contribution < -0.4 is 0 Å². The summed E-state index contributed by atoms with van der Waals surface area (Å²) in [5.74, 6) is 0. The molecular weight excluding hydrogens is 388 g/mol. The molecule has 3 aromatic carbocycles. The second-order valence-corrected chi connectivity index (χ2v) is 14.9. The zero-order valence-corrected chi connectivity index (χ0v) is 20.6. The number of hydrogen-bond donors (Lipinski definition) is 0. The first-order valence-corrected chi connectivity index (χ1v) is 14.6. The van der Waals surface area contributed by atoms with E-state index in [2.05, 4.69) is 114 Å². The van der Waals surface area contributed by atoms with E-state index in [9.17, 15) is 0 Å². The van der Waals surface area contributed by atoms with Crippen molar-refractivity contribution in [1.29, 1.82) is 0 Å². The van der Waals surface area contributed by atoms with Gasteiger partial charge in [-0.1, -0.05) is 91.0 Å². The van der Waals surface area contributed by atoms with E-state index in [1.54, 1.807) is 11.1 Å². The van der Waals surface area contributed by atoms with E-state index in [4.69, 9.17) is 0 Å². The van der Waals surface area contributed by atoms with Crippen LogP contribution in [-0.4, -0.2) is 8.07 Å². The molecule has 1 heteroatoms. The molecule has 1 atom stereocenters. The van der Waals surface area contributed by atoms with Crippen LogP contribution >= 0.6 is 0 Å². The van der Waals surface area contributed by atoms with Crippen molar-refractivity contribution < 1.29 is 0 Å². The van der Waals surface area contributed by atoms with Crippen molar-refractivity contribution in [3.05, 3.63) is 112 Å². The Kier molecular flexibility index (Phi) is 4.71. The van der Waals surface area contributed by atoms with Gasteiger partial charge in [0.2, 0.25) is 0 Å². The second kappa shape index (κ2) is 7.21. The molecule has 0 saturated carbocycles. The van der Waals surface area contributed by atoms with Gasteiger partial charge in [-0.25, -0.2) is 0 Å². The molecule has 0 nitrogen and oxygen atoms in total. The first kappa shape index (κ1) is 20.3. The third-order valence-corrected chi connectivity index (χ3v) is 12.6. The van der Waals surface area contributed by atoms with Gasteiger partial charge in [0.1, 0.15) is 0 Å². The molecule has 2 aliphatic carbocycles. The van der Waals surface area contributed by atoms with E-state index in [1.165, 1.54) is 44.2 Å². The molecule has 0 aliphatic heterocycles. The van der Waals surface area contributed by atoms with Gasteiger partial charge in [-0.05, 0) is 89.0 Å². The van der Waals surface area contributed by atoms with Gasteiger partial charge in [0.25, 0.3) is 0 Å². The maximum absolute atomic E-state index is 2.62. The second-order valence-electron chi connectivity index (χ2n) is 10.1. The lowest BCUT2D eigenvalue weighted by Crippen LogP contribution is -2.39. The van der Waals surface area contributed by atoms with Gasteiger partial charge in [-0.2, -0.15) is 0 Å². The Labute approximate surface area is 188 Å². The molecule has 0 fully saturated rings. The topological polar surface area (TPSA) is 0 Å². The molecular formula is C30H32Si. The summed E-state index contributed by atoms with van der Waals surface area (Å²) in [7, 11) is -1.72. The zero-order valence-electron chi connectivity index (χ0n) is 19.6. The summed E-state index contributed by atoms with van der Waals surface area (Å²) in [6.07, 6.45) is 2.62. The Bertz CT molecular complexity index is 1270. The molecule has 0 radical (unpaired) electrons. The average molecular weight is 421 g/mol. The molecule has 0 spiro atoms. The number of allylic oxidation sites excluding steroid dienone is 5. The molecule has 0 saturated heterocycles. The molecule has 1 unspecified atom stereocenters. The molecule has 0 bridgehead atoms. The maximum atomic E-state index is 2.62. The molecule has 2 aliphatic rings. The van der Waals surface area contributed by atoms with Crippen LogP contribution in [0.25, 0.3) is 16.3 Å². The Morgan fingerprint density at radius 1 is 0.677 bits per heavy atom. The van der Waals surface area contributed by atoms with Gasteiger partial charge in [0.15, 0.2) is 0 Å². The van der Waals surface area contributed by atoms with Gasteiger partial charge >= 0.3 is 0 Å². The van der Waals surface area contributed by atoms with Crippen molar-refractivity contribution >= 4 is 24.4 Å². The summed E-state index contributed by atoms with van der Waals surface area (Å²) in [4.78, 5) is 0. The highest BCUT2D eigenvalue weighted by atomic mass is 28.3. The summed E-state index contributed by atoms with van der Waals surface area (Å²) in [5.41, 5.74) is 13.1. The Morgan fingerprint density at radius 2 is 1.29 bits per heavy atom.